The first kappa shape index (κ1) is 29.8. The van der Waals surface area contributed by atoms with Crippen molar-refractivity contribution in [3.05, 3.63) is 32.9 Å². The summed E-state index contributed by atoms with van der Waals surface area (Å²) in [4.78, 5) is 25.2. The number of nitrogens with zero attached hydrogens (tertiary/aromatic N) is 2. The molecular formula is C21H35FIN4O8P. The van der Waals surface area contributed by atoms with Gasteiger partial charge in [0.2, 0.25) is 5.82 Å². The van der Waals surface area contributed by atoms with Crippen LogP contribution in [0.25, 0.3) is 0 Å². The van der Waals surface area contributed by atoms with Crippen LogP contribution in [-0.2, 0) is 23.1 Å². The maximum Gasteiger partial charge on any atom is 0.408 e. The zero-order valence-electron chi connectivity index (χ0n) is 20.8. The van der Waals surface area contributed by atoms with E-state index in [0.717, 1.165) is 17.2 Å². The van der Waals surface area contributed by atoms with Crippen molar-refractivity contribution in [1.82, 2.24) is 19.5 Å². The second-order valence-corrected chi connectivity index (χ2v) is 12.9. The van der Waals surface area contributed by atoms with Crippen molar-refractivity contribution in [1.29, 1.82) is 0 Å². The number of aliphatic hydroxyl groups is 1. The molecule has 3 rings (SSSR count). The molecule has 0 amide bonds. The van der Waals surface area contributed by atoms with Crippen molar-refractivity contribution in [3.63, 3.8) is 0 Å². The van der Waals surface area contributed by atoms with Gasteiger partial charge in [0, 0.05) is 29.4 Å². The normalized spacial score (nSPS) is 29.9. The monoisotopic (exact) mass is 648 g/mol. The number of hydrogen-bond donors (Lipinski definition) is 3. The standard InChI is InChI=1S/C21H35FIN4O8P/c1-13-10-21(2,3)25-17(34-13)5-8-32-36(31,26(4)7-6-23)33-12-16-15(28)9-18(35-16)27-11-14(22)19(29)24-20(27)30/h11,13,15-18,25,28H,5-10,12H2,1-4H3,(H,24,29,30)/t13?,15-,16+,17?,18+,36?/m0/s1. The zero-order valence-corrected chi connectivity index (χ0v) is 23.9. The molecule has 2 aliphatic heterocycles. The number of H-pyrrole nitrogens is 1. The molecular weight excluding hydrogens is 613 g/mol. The fourth-order valence-corrected chi connectivity index (χ4v) is 6.94. The number of halogens is 2. The molecule has 206 valence electrons. The minimum absolute atomic E-state index is 0.0488. The van der Waals surface area contributed by atoms with E-state index in [-0.39, 0.29) is 37.5 Å². The molecule has 1 aromatic rings. The molecule has 15 heteroatoms. The number of nitrogens with one attached hydrogen (secondary N) is 2. The van der Waals surface area contributed by atoms with Crippen LogP contribution in [-0.4, -0.2) is 80.6 Å². The second kappa shape index (κ2) is 12.4. The SMILES string of the molecule is CC1CC(C)(C)NC(CCOP(=O)(OC[C@H]2O[C@@H](n3cc(F)c(=O)[nH]c3=O)C[C@@H]2O)N(C)CCI)O1. The lowest BCUT2D eigenvalue weighted by molar-refractivity contribution is -0.0943. The van der Waals surface area contributed by atoms with Crippen LogP contribution in [0, 0.1) is 5.82 Å². The third-order valence-electron chi connectivity index (χ3n) is 6.05. The van der Waals surface area contributed by atoms with Crippen LogP contribution in [0.4, 0.5) is 4.39 Å². The summed E-state index contributed by atoms with van der Waals surface area (Å²) in [6, 6.07) is 0. The van der Waals surface area contributed by atoms with Crippen molar-refractivity contribution in [3.8, 4) is 0 Å². The van der Waals surface area contributed by atoms with E-state index in [9.17, 15) is 23.7 Å². The smallest absolute Gasteiger partial charge is 0.390 e. The molecule has 0 spiro atoms. The fraction of sp³-hybridized carbons (Fsp3) is 0.810. The average Bonchev–Trinajstić information content (AvgIpc) is 3.14. The van der Waals surface area contributed by atoms with Crippen molar-refractivity contribution in [2.24, 2.45) is 0 Å². The first-order valence-corrected chi connectivity index (χ1v) is 14.8. The van der Waals surface area contributed by atoms with Gasteiger partial charge in [0.15, 0.2) is 0 Å². The number of rotatable bonds is 11. The molecule has 0 bridgehead atoms. The maximum atomic E-state index is 13.7. The van der Waals surface area contributed by atoms with Gasteiger partial charge in [0.05, 0.1) is 31.6 Å². The van der Waals surface area contributed by atoms with Crippen LogP contribution < -0.4 is 16.6 Å². The first-order valence-electron chi connectivity index (χ1n) is 11.8. The van der Waals surface area contributed by atoms with Gasteiger partial charge >= 0.3 is 13.4 Å². The molecule has 2 saturated heterocycles. The van der Waals surface area contributed by atoms with E-state index in [1.807, 2.05) is 11.9 Å². The molecule has 1 aromatic heterocycles. The Morgan fingerprint density at radius 3 is 2.75 bits per heavy atom. The Hall–Kier alpha value is -0.710. The second-order valence-electron chi connectivity index (χ2n) is 9.70. The molecule has 36 heavy (non-hydrogen) atoms. The highest BCUT2D eigenvalue weighted by atomic mass is 127. The predicted octanol–water partition coefficient (Wildman–Crippen LogP) is 1.73. The molecule has 6 atom stereocenters. The van der Waals surface area contributed by atoms with E-state index in [1.54, 1.807) is 7.05 Å². The Morgan fingerprint density at radius 2 is 2.08 bits per heavy atom. The van der Waals surface area contributed by atoms with E-state index in [2.05, 4.69) is 41.8 Å². The van der Waals surface area contributed by atoms with E-state index >= 15 is 0 Å². The Kier molecular flexibility index (Phi) is 10.3. The molecule has 0 radical (unpaired) electrons. The Labute approximate surface area is 222 Å². The summed E-state index contributed by atoms with van der Waals surface area (Å²) in [5, 5.41) is 13.8. The zero-order chi connectivity index (χ0) is 26.7. The van der Waals surface area contributed by atoms with Gasteiger partial charge in [0.25, 0.3) is 5.56 Å². The molecule has 12 nitrogen and oxygen atoms in total. The van der Waals surface area contributed by atoms with Crippen LogP contribution >= 0.6 is 30.3 Å². The van der Waals surface area contributed by atoms with Crippen molar-refractivity contribution in [2.75, 3.05) is 31.2 Å². The Bertz CT molecular complexity index is 1060. The van der Waals surface area contributed by atoms with Crippen LogP contribution in [0.5, 0.6) is 0 Å². The molecule has 2 fully saturated rings. The maximum absolute atomic E-state index is 13.7. The lowest BCUT2D eigenvalue weighted by Gasteiger charge is -2.40. The Morgan fingerprint density at radius 1 is 1.36 bits per heavy atom. The van der Waals surface area contributed by atoms with Gasteiger partial charge < -0.3 is 14.6 Å². The lowest BCUT2D eigenvalue weighted by atomic mass is 9.95. The summed E-state index contributed by atoms with van der Waals surface area (Å²) in [6.45, 7) is 6.45. The van der Waals surface area contributed by atoms with Gasteiger partial charge in [-0.1, -0.05) is 22.6 Å². The van der Waals surface area contributed by atoms with Crippen LogP contribution in [0.1, 0.15) is 46.3 Å². The van der Waals surface area contributed by atoms with Gasteiger partial charge in [-0.25, -0.2) is 14.0 Å². The van der Waals surface area contributed by atoms with Crippen molar-refractivity contribution >= 4 is 30.3 Å². The fourth-order valence-electron chi connectivity index (χ4n) is 4.35. The highest BCUT2D eigenvalue weighted by Gasteiger charge is 2.40. The summed E-state index contributed by atoms with van der Waals surface area (Å²) in [5.41, 5.74) is -2.10. The van der Waals surface area contributed by atoms with E-state index in [1.165, 1.54) is 4.67 Å². The number of hydrogen-bond acceptors (Lipinski definition) is 9. The number of aliphatic hydroxyl groups excluding tert-OH is 1. The van der Waals surface area contributed by atoms with E-state index in [0.29, 0.717) is 17.4 Å². The minimum atomic E-state index is -3.76. The number of alkyl halides is 1. The van der Waals surface area contributed by atoms with Crippen molar-refractivity contribution in [2.45, 2.75) is 76.3 Å². The van der Waals surface area contributed by atoms with Crippen molar-refractivity contribution < 1.29 is 32.6 Å². The van der Waals surface area contributed by atoms with Crippen LogP contribution in [0.3, 0.4) is 0 Å². The summed E-state index contributed by atoms with van der Waals surface area (Å²) in [6.07, 6.45) is -1.25. The quantitative estimate of drug-likeness (QED) is 0.184. The highest BCUT2D eigenvalue weighted by molar-refractivity contribution is 14.1. The molecule has 3 unspecified atom stereocenters. The summed E-state index contributed by atoms with van der Waals surface area (Å²) >= 11 is 2.15. The Balaban J connectivity index is 1.61. The minimum Gasteiger partial charge on any atom is -0.390 e. The summed E-state index contributed by atoms with van der Waals surface area (Å²) < 4.78 is 53.4. The number of aromatic amines is 1. The third-order valence-corrected chi connectivity index (χ3v) is 8.55. The number of ether oxygens (including phenoxy) is 2. The van der Waals surface area contributed by atoms with Crippen LogP contribution in [0.2, 0.25) is 0 Å². The summed E-state index contributed by atoms with van der Waals surface area (Å²) in [7, 11) is -2.14. The molecule has 0 aliphatic carbocycles. The van der Waals surface area contributed by atoms with Crippen LogP contribution in [0.15, 0.2) is 15.8 Å². The highest BCUT2D eigenvalue weighted by Crippen LogP contribution is 2.51. The van der Waals surface area contributed by atoms with E-state index in [4.69, 9.17) is 18.5 Å². The van der Waals surface area contributed by atoms with Gasteiger partial charge in [-0.05, 0) is 34.2 Å². The predicted molar refractivity (Wildman–Crippen MR) is 138 cm³/mol. The number of aromatic nitrogens is 2. The first-order chi connectivity index (χ1) is 16.8. The molecule has 2 aliphatic rings. The molecule has 0 saturated carbocycles. The van der Waals surface area contributed by atoms with Gasteiger partial charge in [-0.2, -0.15) is 4.39 Å². The van der Waals surface area contributed by atoms with Gasteiger partial charge in [-0.3, -0.25) is 28.7 Å². The molecule has 0 aromatic carbocycles. The third kappa shape index (κ3) is 7.67. The van der Waals surface area contributed by atoms with Gasteiger partial charge in [-0.15, -0.1) is 0 Å². The average molecular weight is 648 g/mol. The van der Waals surface area contributed by atoms with Gasteiger partial charge in [0.1, 0.15) is 18.6 Å². The largest absolute Gasteiger partial charge is 0.408 e. The molecule has 3 heterocycles. The topological polar surface area (TPSA) is 144 Å². The summed E-state index contributed by atoms with van der Waals surface area (Å²) in [5.74, 6) is -1.15. The lowest BCUT2D eigenvalue weighted by Crippen LogP contribution is -2.55. The van der Waals surface area contributed by atoms with E-state index < -0.39 is 43.2 Å². The molecule has 3 N–H and O–H groups in total.